The van der Waals surface area contributed by atoms with Crippen LogP contribution in [-0.2, 0) is 6.18 Å². The Labute approximate surface area is 80.8 Å². The van der Waals surface area contributed by atoms with Crippen LogP contribution in [0.4, 0.5) is 13.2 Å². The van der Waals surface area contributed by atoms with Crippen molar-refractivity contribution in [1.82, 2.24) is 15.0 Å². The number of nitrogens with one attached hydrogen (secondary N) is 1. The van der Waals surface area contributed by atoms with E-state index in [0.29, 0.717) is 6.20 Å². The maximum Gasteiger partial charge on any atom is 0.417 e. The van der Waals surface area contributed by atoms with E-state index >= 15 is 0 Å². The van der Waals surface area contributed by atoms with Gasteiger partial charge in [0.2, 0.25) is 0 Å². The molecule has 2 rings (SSSR count). The molecule has 0 aliphatic rings. The molecule has 7 heteroatoms. The summed E-state index contributed by atoms with van der Waals surface area (Å²) < 4.78 is 36.8. The molecule has 0 saturated heterocycles. The smallest absolute Gasteiger partial charge is 0.311 e. The monoisotopic (exact) mass is 215 g/mol. The molecular formula is C8H4F3N3O. The molecule has 0 bridgehead atoms. The van der Waals surface area contributed by atoms with E-state index in [1.165, 1.54) is 0 Å². The van der Waals surface area contributed by atoms with Gasteiger partial charge in [-0.05, 0) is 6.07 Å². The highest BCUT2D eigenvalue weighted by molar-refractivity contribution is 5.72. The van der Waals surface area contributed by atoms with Gasteiger partial charge in [0.15, 0.2) is 5.52 Å². The van der Waals surface area contributed by atoms with E-state index in [0.717, 1.165) is 12.4 Å². The maximum atomic E-state index is 12.3. The van der Waals surface area contributed by atoms with E-state index in [1.54, 1.807) is 0 Å². The van der Waals surface area contributed by atoms with Gasteiger partial charge in [0.1, 0.15) is 0 Å². The van der Waals surface area contributed by atoms with E-state index in [1.807, 2.05) is 0 Å². The van der Waals surface area contributed by atoms with Crippen molar-refractivity contribution < 1.29 is 13.2 Å². The zero-order chi connectivity index (χ0) is 11.1. The van der Waals surface area contributed by atoms with Gasteiger partial charge >= 0.3 is 6.18 Å². The van der Waals surface area contributed by atoms with Gasteiger partial charge in [-0.25, -0.2) is 9.97 Å². The Hall–Kier alpha value is -1.92. The molecule has 2 aromatic rings. The minimum absolute atomic E-state index is 0.0754. The zero-order valence-corrected chi connectivity index (χ0v) is 7.17. The molecule has 0 fully saturated rings. The molecule has 78 valence electrons. The number of pyridine rings is 1. The molecule has 0 radical (unpaired) electrons. The van der Waals surface area contributed by atoms with Crippen molar-refractivity contribution in [2.24, 2.45) is 0 Å². The summed E-state index contributed by atoms with van der Waals surface area (Å²) >= 11 is 0. The van der Waals surface area contributed by atoms with Crippen LogP contribution in [0.15, 0.2) is 23.4 Å². The van der Waals surface area contributed by atoms with Gasteiger partial charge in [-0.3, -0.25) is 4.79 Å². The Balaban J connectivity index is 2.73. The van der Waals surface area contributed by atoms with Crippen molar-refractivity contribution in [3.63, 3.8) is 0 Å². The molecule has 0 atom stereocenters. The number of halogens is 3. The highest BCUT2D eigenvalue weighted by Gasteiger charge is 2.31. The van der Waals surface area contributed by atoms with Gasteiger partial charge in [0.05, 0.1) is 17.4 Å². The molecular weight excluding hydrogens is 211 g/mol. The van der Waals surface area contributed by atoms with Crippen LogP contribution < -0.4 is 5.56 Å². The third-order valence-electron chi connectivity index (χ3n) is 1.81. The molecule has 0 aliphatic heterocycles. The topological polar surface area (TPSA) is 58.6 Å². The molecule has 0 amide bonds. The minimum atomic E-state index is -4.48. The molecule has 0 spiro atoms. The van der Waals surface area contributed by atoms with E-state index in [2.05, 4.69) is 15.0 Å². The van der Waals surface area contributed by atoms with Crippen LogP contribution >= 0.6 is 0 Å². The van der Waals surface area contributed by atoms with Crippen molar-refractivity contribution in [2.75, 3.05) is 0 Å². The Kier molecular flexibility index (Phi) is 1.95. The van der Waals surface area contributed by atoms with Gasteiger partial charge in [-0.15, -0.1) is 0 Å². The Morgan fingerprint density at radius 2 is 2.00 bits per heavy atom. The molecule has 4 nitrogen and oxygen atoms in total. The third-order valence-corrected chi connectivity index (χ3v) is 1.81. The van der Waals surface area contributed by atoms with E-state index in [-0.39, 0.29) is 11.0 Å². The lowest BCUT2D eigenvalue weighted by molar-refractivity contribution is -0.137. The van der Waals surface area contributed by atoms with E-state index in [9.17, 15) is 18.0 Å². The van der Waals surface area contributed by atoms with E-state index in [4.69, 9.17) is 0 Å². The van der Waals surface area contributed by atoms with Gasteiger partial charge in [0.25, 0.3) is 5.56 Å². The normalized spacial score (nSPS) is 11.9. The predicted molar refractivity (Wildman–Crippen MR) is 45.2 cm³/mol. The molecule has 0 unspecified atom stereocenters. The second kappa shape index (κ2) is 3.04. The van der Waals surface area contributed by atoms with Gasteiger partial charge in [-0.2, -0.15) is 13.2 Å². The Bertz CT molecular complexity index is 561. The van der Waals surface area contributed by atoms with Crippen LogP contribution in [0, 0.1) is 0 Å². The lowest BCUT2D eigenvalue weighted by Gasteiger charge is -2.05. The average Bonchev–Trinajstić information content (AvgIpc) is 2.16. The molecule has 2 aromatic heterocycles. The number of hydrogen-bond donors (Lipinski definition) is 1. The first-order valence-corrected chi connectivity index (χ1v) is 3.89. The van der Waals surface area contributed by atoms with Gasteiger partial charge in [0, 0.05) is 6.20 Å². The van der Waals surface area contributed by atoms with Gasteiger partial charge < -0.3 is 4.98 Å². The van der Waals surface area contributed by atoms with Crippen molar-refractivity contribution >= 4 is 11.0 Å². The average molecular weight is 215 g/mol. The fourth-order valence-corrected chi connectivity index (χ4v) is 1.11. The van der Waals surface area contributed by atoms with Crippen molar-refractivity contribution in [3.05, 3.63) is 34.5 Å². The number of hydrogen-bond acceptors (Lipinski definition) is 3. The van der Waals surface area contributed by atoms with Crippen molar-refractivity contribution in [3.8, 4) is 0 Å². The van der Waals surface area contributed by atoms with Crippen LogP contribution in [0.3, 0.4) is 0 Å². The number of aromatic nitrogens is 3. The lowest BCUT2D eigenvalue weighted by Crippen LogP contribution is -2.11. The summed E-state index contributed by atoms with van der Waals surface area (Å²) in [6, 6.07) is 0.789. The predicted octanol–water partition coefficient (Wildman–Crippen LogP) is 1.34. The minimum Gasteiger partial charge on any atom is -0.311 e. The summed E-state index contributed by atoms with van der Waals surface area (Å²) in [5.41, 5.74) is -1.67. The first-order chi connectivity index (χ1) is 6.98. The zero-order valence-electron chi connectivity index (χ0n) is 7.17. The summed E-state index contributed by atoms with van der Waals surface area (Å²) in [4.78, 5) is 20.3. The molecule has 0 aromatic carbocycles. The largest absolute Gasteiger partial charge is 0.417 e. The van der Waals surface area contributed by atoms with Crippen LogP contribution in [0.1, 0.15) is 5.56 Å². The molecule has 15 heavy (non-hydrogen) atoms. The summed E-state index contributed by atoms with van der Waals surface area (Å²) in [6.45, 7) is 0. The number of aromatic amines is 1. The Morgan fingerprint density at radius 3 is 2.67 bits per heavy atom. The fourth-order valence-electron chi connectivity index (χ4n) is 1.11. The van der Waals surface area contributed by atoms with Crippen LogP contribution in [0.2, 0.25) is 0 Å². The van der Waals surface area contributed by atoms with Gasteiger partial charge in [-0.1, -0.05) is 0 Å². The molecule has 2 heterocycles. The van der Waals surface area contributed by atoms with Crippen molar-refractivity contribution in [1.29, 1.82) is 0 Å². The number of rotatable bonds is 0. The summed E-state index contributed by atoms with van der Waals surface area (Å²) in [5, 5.41) is 0. The first-order valence-electron chi connectivity index (χ1n) is 3.89. The second-order valence-electron chi connectivity index (χ2n) is 2.82. The third kappa shape index (κ3) is 1.67. The lowest BCUT2D eigenvalue weighted by atomic mass is 10.2. The van der Waals surface area contributed by atoms with E-state index < -0.39 is 17.3 Å². The number of alkyl halides is 3. The maximum absolute atomic E-state index is 12.3. The van der Waals surface area contributed by atoms with Crippen molar-refractivity contribution in [2.45, 2.75) is 6.18 Å². The molecule has 0 saturated carbocycles. The summed E-state index contributed by atoms with van der Waals surface area (Å²) in [5.74, 6) is 0. The number of fused-ring (bicyclic) bond motifs is 1. The summed E-state index contributed by atoms with van der Waals surface area (Å²) in [7, 11) is 0. The summed E-state index contributed by atoms with van der Waals surface area (Å²) in [6.07, 6.45) is -2.84. The van der Waals surface area contributed by atoms with Crippen LogP contribution in [0.25, 0.3) is 11.0 Å². The Morgan fingerprint density at radius 1 is 1.27 bits per heavy atom. The highest BCUT2D eigenvalue weighted by Crippen LogP contribution is 2.29. The van der Waals surface area contributed by atoms with Crippen LogP contribution in [0.5, 0.6) is 0 Å². The highest BCUT2D eigenvalue weighted by atomic mass is 19.4. The first kappa shape index (κ1) is 9.63. The second-order valence-corrected chi connectivity index (χ2v) is 2.82. The molecule has 1 N–H and O–H groups in total. The quantitative estimate of drug-likeness (QED) is 0.721. The molecule has 0 aliphatic carbocycles. The standard InChI is InChI=1S/C8H4F3N3O/c9-8(10,11)4-1-5-6(12-2-4)7(15)14-3-13-5/h1-3H,(H,13,14,15). The fraction of sp³-hybridized carbons (Fsp3) is 0.125. The van der Waals surface area contributed by atoms with Crippen LogP contribution in [-0.4, -0.2) is 15.0 Å². The SMILES string of the molecule is O=c1[nH]cnc2cc(C(F)(F)F)cnc12. The number of nitrogens with zero attached hydrogens (tertiary/aromatic N) is 2. The number of H-pyrrole nitrogens is 1.